The molecule has 0 bridgehead atoms. The van der Waals surface area contributed by atoms with Crippen LogP contribution in [-0.4, -0.2) is 18.0 Å². The number of aromatic nitrogens is 1. The molecule has 1 amide bonds. The Bertz CT molecular complexity index is 992. The van der Waals surface area contributed by atoms with Crippen molar-refractivity contribution in [2.75, 3.05) is 12.4 Å². The number of carbonyl (C=O) groups excluding carboxylic acids is 1. The number of halogens is 3. The lowest BCUT2D eigenvalue weighted by atomic mass is 10.2. The van der Waals surface area contributed by atoms with Crippen LogP contribution in [0.3, 0.4) is 0 Å². The number of amides is 1. The highest BCUT2D eigenvalue weighted by molar-refractivity contribution is 7.22. The number of anilines is 1. The summed E-state index contributed by atoms with van der Waals surface area (Å²) < 4.78 is 6.20. The van der Waals surface area contributed by atoms with Crippen molar-refractivity contribution in [2.45, 2.75) is 6.92 Å². The topological polar surface area (TPSA) is 51.2 Å². The molecule has 1 heterocycles. The fraction of sp³-hybridized carbons (Fsp3) is 0.111. The Hall–Kier alpha value is -1.79. The summed E-state index contributed by atoms with van der Waals surface area (Å²) in [6.07, 6.45) is 2.95. The summed E-state index contributed by atoms with van der Waals surface area (Å²) in [6, 6.07) is 6.97. The van der Waals surface area contributed by atoms with Gasteiger partial charge in [-0.1, -0.05) is 46.1 Å². The monoisotopic (exact) mass is 426 g/mol. The lowest BCUT2D eigenvalue weighted by molar-refractivity contribution is -0.111. The van der Waals surface area contributed by atoms with Gasteiger partial charge in [-0.3, -0.25) is 10.1 Å². The molecule has 8 heteroatoms. The van der Waals surface area contributed by atoms with Crippen molar-refractivity contribution in [2.24, 2.45) is 0 Å². The predicted molar refractivity (Wildman–Crippen MR) is 110 cm³/mol. The molecule has 0 saturated heterocycles. The van der Waals surface area contributed by atoms with Gasteiger partial charge in [0.05, 0.1) is 22.3 Å². The number of rotatable bonds is 4. The normalized spacial score (nSPS) is 11.3. The molecule has 3 rings (SSSR count). The minimum absolute atomic E-state index is 0.329. The second kappa shape index (κ2) is 7.84. The molecule has 1 aromatic heterocycles. The molecule has 3 aromatic rings. The van der Waals surface area contributed by atoms with Crippen LogP contribution in [0.1, 0.15) is 11.1 Å². The third-order valence-electron chi connectivity index (χ3n) is 3.55. The van der Waals surface area contributed by atoms with Crippen molar-refractivity contribution in [3.63, 3.8) is 0 Å². The van der Waals surface area contributed by atoms with E-state index in [-0.39, 0.29) is 5.91 Å². The molecule has 0 aliphatic carbocycles. The molecule has 0 radical (unpaired) electrons. The highest BCUT2D eigenvalue weighted by Crippen LogP contribution is 2.33. The molecule has 0 aliphatic rings. The van der Waals surface area contributed by atoms with E-state index in [1.165, 1.54) is 24.5 Å². The number of aryl methyl sites for hydroxylation is 1. The standard InChI is InChI=1S/C18H13Cl3N2O2S/c1-9-5-15-14(8-12(9)20)22-18(26-15)23-16(24)4-3-10-6-11(19)7-13(21)17(10)25-2/h3-8H,1-2H3,(H,22,23,24). The van der Waals surface area contributed by atoms with E-state index < -0.39 is 0 Å². The molecule has 0 unspecified atom stereocenters. The minimum Gasteiger partial charge on any atom is -0.495 e. The molecule has 0 atom stereocenters. The summed E-state index contributed by atoms with van der Waals surface area (Å²) in [5.74, 6) is 0.121. The van der Waals surface area contributed by atoms with Gasteiger partial charge in [-0.15, -0.1) is 0 Å². The van der Waals surface area contributed by atoms with E-state index in [9.17, 15) is 4.79 Å². The predicted octanol–water partition coefficient (Wildman–Crippen LogP) is 6.23. The van der Waals surface area contributed by atoms with Gasteiger partial charge in [-0.05, 0) is 42.8 Å². The maximum Gasteiger partial charge on any atom is 0.250 e. The van der Waals surface area contributed by atoms with Crippen LogP contribution in [0.2, 0.25) is 15.1 Å². The summed E-state index contributed by atoms with van der Waals surface area (Å²) in [7, 11) is 1.50. The lowest BCUT2D eigenvalue weighted by Gasteiger charge is -2.07. The Balaban J connectivity index is 1.80. The Kier molecular flexibility index (Phi) is 5.73. The first-order valence-corrected chi connectivity index (χ1v) is 9.41. The maximum absolute atomic E-state index is 12.2. The van der Waals surface area contributed by atoms with E-state index in [0.717, 1.165) is 15.8 Å². The number of nitrogens with one attached hydrogen (secondary N) is 1. The summed E-state index contributed by atoms with van der Waals surface area (Å²) in [4.78, 5) is 16.6. The smallest absolute Gasteiger partial charge is 0.250 e. The number of methoxy groups -OCH3 is 1. The number of benzene rings is 2. The van der Waals surface area contributed by atoms with Crippen molar-refractivity contribution in [3.8, 4) is 5.75 Å². The summed E-state index contributed by atoms with van der Waals surface area (Å²) in [6.45, 7) is 1.92. The van der Waals surface area contributed by atoms with Crippen LogP contribution in [-0.2, 0) is 4.79 Å². The van der Waals surface area contributed by atoms with E-state index in [4.69, 9.17) is 39.5 Å². The van der Waals surface area contributed by atoms with Crippen molar-refractivity contribution in [3.05, 3.63) is 56.5 Å². The second-order valence-electron chi connectivity index (χ2n) is 5.42. The maximum atomic E-state index is 12.2. The van der Waals surface area contributed by atoms with E-state index in [1.54, 1.807) is 24.3 Å². The largest absolute Gasteiger partial charge is 0.495 e. The lowest BCUT2D eigenvalue weighted by Crippen LogP contribution is -2.07. The zero-order valence-electron chi connectivity index (χ0n) is 13.8. The fourth-order valence-corrected chi connectivity index (χ4v) is 4.03. The summed E-state index contributed by atoms with van der Waals surface area (Å²) in [5, 5.41) is 4.70. The Morgan fingerprint density at radius 3 is 2.69 bits per heavy atom. The van der Waals surface area contributed by atoms with Gasteiger partial charge < -0.3 is 4.74 Å². The first kappa shape index (κ1) is 19.0. The van der Waals surface area contributed by atoms with Gasteiger partial charge in [0.1, 0.15) is 5.75 Å². The number of hydrogen-bond acceptors (Lipinski definition) is 4. The zero-order chi connectivity index (χ0) is 18.8. The van der Waals surface area contributed by atoms with Gasteiger partial charge in [0.25, 0.3) is 0 Å². The Labute approximate surface area is 169 Å². The van der Waals surface area contributed by atoms with Crippen LogP contribution in [0.15, 0.2) is 30.3 Å². The third-order valence-corrected chi connectivity index (χ3v) is 5.39. The Morgan fingerprint density at radius 1 is 1.19 bits per heavy atom. The first-order chi connectivity index (χ1) is 12.4. The Morgan fingerprint density at radius 2 is 1.96 bits per heavy atom. The zero-order valence-corrected chi connectivity index (χ0v) is 16.9. The molecule has 4 nitrogen and oxygen atoms in total. The molecule has 134 valence electrons. The fourth-order valence-electron chi connectivity index (χ4n) is 2.34. The van der Waals surface area contributed by atoms with Gasteiger partial charge in [-0.2, -0.15) is 0 Å². The third kappa shape index (κ3) is 4.13. The van der Waals surface area contributed by atoms with E-state index in [2.05, 4.69) is 10.3 Å². The van der Waals surface area contributed by atoms with Gasteiger partial charge in [0.2, 0.25) is 5.91 Å². The molecular weight excluding hydrogens is 415 g/mol. The van der Waals surface area contributed by atoms with Crippen molar-refractivity contribution in [1.29, 1.82) is 0 Å². The average molecular weight is 428 g/mol. The van der Waals surface area contributed by atoms with E-state index in [0.29, 0.717) is 31.5 Å². The molecule has 0 fully saturated rings. The quantitative estimate of drug-likeness (QED) is 0.502. The minimum atomic E-state index is -0.329. The van der Waals surface area contributed by atoms with Crippen LogP contribution >= 0.6 is 46.1 Å². The van der Waals surface area contributed by atoms with Gasteiger partial charge >= 0.3 is 0 Å². The van der Waals surface area contributed by atoms with Crippen molar-refractivity contribution < 1.29 is 9.53 Å². The van der Waals surface area contributed by atoms with E-state index >= 15 is 0 Å². The number of hydrogen-bond donors (Lipinski definition) is 1. The number of carbonyl (C=O) groups is 1. The molecular formula is C18H13Cl3N2O2S. The number of ether oxygens (including phenoxy) is 1. The number of thiazole rings is 1. The SMILES string of the molecule is COc1c(Cl)cc(Cl)cc1C=CC(=O)Nc1nc2cc(Cl)c(C)cc2s1. The summed E-state index contributed by atoms with van der Waals surface area (Å²) >= 11 is 19.6. The molecule has 0 saturated carbocycles. The molecule has 2 aromatic carbocycles. The van der Waals surface area contributed by atoms with Crippen molar-refractivity contribution >= 4 is 73.5 Å². The highest BCUT2D eigenvalue weighted by Gasteiger charge is 2.10. The molecule has 1 N–H and O–H groups in total. The van der Waals surface area contributed by atoms with Crippen molar-refractivity contribution in [1.82, 2.24) is 4.98 Å². The van der Waals surface area contributed by atoms with E-state index in [1.807, 2.05) is 13.0 Å². The van der Waals surface area contributed by atoms with Crippen LogP contribution in [0.4, 0.5) is 5.13 Å². The van der Waals surface area contributed by atoms with Gasteiger partial charge in [0, 0.05) is 21.7 Å². The van der Waals surface area contributed by atoms with Gasteiger partial charge in [0.15, 0.2) is 5.13 Å². The second-order valence-corrected chi connectivity index (χ2v) is 7.70. The summed E-state index contributed by atoms with van der Waals surface area (Å²) in [5.41, 5.74) is 2.31. The first-order valence-electron chi connectivity index (χ1n) is 7.46. The number of fused-ring (bicyclic) bond motifs is 1. The van der Waals surface area contributed by atoms with Crippen LogP contribution in [0.5, 0.6) is 5.75 Å². The van der Waals surface area contributed by atoms with Crippen LogP contribution in [0, 0.1) is 6.92 Å². The molecule has 0 spiro atoms. The average Bonchev–Trinajstić information content (AvgIpc) is 2.93. The van der Waals surface area contributed by atoms with Crippen LogP contribution in [0.25, 0.3) is 16.3 Å². The number of nitrogens with zero attached hydrogens (tertiary/aromatic N) is 1. The molecule has 26 heavy (non-hydrogen) atoms. The molecule has 0 aliphatic heterocycles. The van der Waals surface area contributed by atoms with Gasteiger partial charge in [-0.25, -0.2) is 4.98 Å². The highest BCUT2D eigenvalue weighted by atomic mass is 35.5. The van der Waals surface area contributed by atoms with Crippen LogP contribution < -0.4 is 10.1 Å².